The van der Waals surface area contributed by atoms with E-state index in [4.69, 9.17) is 16.3 Å². The number of ether oxygens (including phenoxy) is 1. The standard InChI is InChI=1S/C20H21ClF3N3O4S/c1-13(20(22,23)24)31-17-5-4-15(32(2,29)30)11-16(17)19(28)27-9-7-26(8-10-27)18-6-3-14(21)12-25-18/h3-6,11-13H,7-10H2,1-2H3. The average Bonchev–Trinajstić information content (AvgIpc) is 2.73. The summed E-state index contributed by atoms with van der Waals surface area (Å²) < 4.78 is 67.8. The molecule has 2 heterocycles. The van der Waals surface area contributed by atoms with Crippen molar-refractivity contribution in [2.24, 2.45) is 0 Å². The van der Waals surface area contributed by atoms with Gasteiger partial charge in [0.05, 0.1) is 15.5 Å². The Balaban J connectivity index is 1.83. The maximum atomic E-state index is 13.1. The van der Waals surface area contributed by atoms with Crippen molar-refractivity contribution in [3.63, 3.8) is 0 Å². The number of nitrogens with zero attached hydrogens (tertiary/aromatic N) is 3. The molecule has 0 aliphatic carbocycles. The Bertz CT molecular complexity index is 1090. The highest BCUT2D eigenvalue weighted by Crippen LogP contribution is 2.30. The molecule has 32 heavy (non-hydrogen) atoms. The summed E-state index contributed by atoms with van der Waals surface area (Å²) in [6, 6.07) is 6.71. The Kier molecular flexibility index (Phi) is 6.89. The van der Waals surface area contributed by atoms with Gasteiger partial charge >= 0.3 is 6.18 Å². The Morgan fingerprint density at radius 3 is 2.34 bits per heavy atom. The lowest BCUT2D eigenvalue weighted by Gasteiger charge is -2.35. The molecule has 1 saturated heterocycles. The van der Waals surface area contributed by atoms with Gasteiger partial charge in [-0.2, -0.15) is 13.2 Å². The number of benzene rings is 1. The highest BCUT2D eigenvalue weighted by Gasteiger charge is 2.39. The van der Waals surface area contributed by atoms with Gasteiger partial charge in [0.25, 0.3) is 5.91 Å². The van der Waals surface area contributed by atoms with E-state index in [0.717, 1.165) is 31.4 Å². The second-order valence-electron chi connectivity index (χ2n) is 7.35. The average molecular weight is 492 g/mol. The molecule has 0 saturated carbocycles. The normalized spacial score (nSPS) is 16.1. The number of amides is 1. The summed E-state index contributed by atoms with van der Waals surface area (Å²) in [6.07, 6.45) is -4.36. The van der Waals surface area contributed by atoms with Crippen LogP contribution in [-0.2, 0) is 9.84 Å². The number of sulfone groups is 1. The Morgan fingerprint density at radius 1 is 1.16 bits per heavy atom. The molecule has 1 aliphatic heterocycles. The quantitative estimate of drug-likeness (QED) is 0.637. The minimum absolute atomic E-state index is 0.183. The third-order valence-electron chi connectivity index (χ3n) is 4.98. The van der Waals surface area contributed by atoms with Crippen LogP contribution in [0, 0.1) is 0 Å². The molecule has 1 aromatic carbocycles. The first kappa shape index (κ1) is 24.1. The lowest BCUT2D eigenvalue weighted by atomic mass is 10.1. The van der Waals surface area contributed by atoms with Gasteiger partial charge in [-0.1, -0.05) is 11.6 Å². The molecule has 2 aromatic rings. The van der Waals surface area contributed by atoms with Crippen molar-refractivity contribution in [2.75, 3.05) is 37.3 Å². The number of hydrogen-bond donors (Lipinski definition) is 0. The number of anilines is 1. The molecule has 0 N–H and O–H groups in total. The molecule has 12 heteroatoms. The summed E-state index contributed by atoms with van der Waals surface area (Å²) in [5.74, 6) is -0.249. The number of carbonyl (C=O) groups is 1. The smallest absolute Gasteiger partial charge is 0.425 e. The number of alkyl halides is 3. The molecule has 0 spiro atoms. The fourth-order valence-corrected chi connectivity index (χ4v) is 3.89. The van der Waals surface area contributed by atoms with Crippen molar-refractivity contribution in [3.05, 3.63) is 47.1 Å². The highest BCUT2D eigenvalue weighted by molar-refractivity contribution is 7.90. The number of aromatic nitrogens is 1. The first-order valence-electron chi connectivity index (χ1n) is 9.59. The van der Waals surface area contributed by atoms with Crippen LogP contribution in [0.2, 0.25) is 5.02 Å². The number of pyridine rings is 1. The molecule has 1 aromatic heterocycles. The van der Waals surface area contributed by atoms with Gasteiger partial charge in [-0.25, -0.2) is 13.4 Å². The van der Waals surface area contributed by atoms with Crippen LogP contribution in [0.1, 0.15) is 17.3 Å². The SMILES string of the molecule is CC(Oc1ccc(S(C)(=O)=O)cc1C(=O)N1CCN(c2ccc(Cl)cn2)CC1)C(F)(F)F. The molecule has 1 aliphatic rings. The number of piperazine rings is 1. The van der Waals surface area contributed by atoms with E-state index in [1.165, 1.54) is 11.1 Å². The Hall–Kier alpha value is -2.53. The van der Waals surface area contributed by atoms with Crippen LogP contribution in [0.4, 0.5) is 19.0 Å². The molecular weight excluding hydrogens is 471 g/mol. The number of carbonyl (C=O) groups excluding carboxylic acids is 1. The fourth-order valence-electron chi connectivity index (χ4n) is 3.13. The van der Waals surface area contributed by atoms with E-state index in [2.05, 4.69) is 4.98 Å². The zero-order valence-electron chi connectivity index (χ0n) is 17.3. The fraction of sp³-hybridized carbons (Fsp3) is 0.400. The molecule has 3 rings (SSSR count). The summed E-state index contributed by atoms with van der Waals surface area (Å²) in [7, 11) is -3.69. The largest absolute Gasteiger partial charge is 0.480 e. The van der Waals surface area contributed by atoms with Crippen LogP contribution < -0.4 is 9.64 Å². The minimum atomic E-state index is -4.65. The summed E-state index contributed by atoms with van der Waals surface area (Å²) in [4.78, 5) is 20.6. The maximum absolute atomic E-state index is 13.1. The summed E-state index contributed by atoms with van der Waals surface area (Å²) in [5, 5.41) is 0.494. The zero-order chi connectivity index (χ0) is 23.7. The highest BCUT2D eigenvalue weighted by atomic mass is 35.5. The number of hydrogen-bond acceptors (Lipinski definition) is 6. The third kappa shape index (κ3) is 5.63. The third-order valence-corrected chi connectivity index (χ3v) is 6.31. The second kappa shape index (κ2) is 9.14. The molecule has 1 atom stereocenters. The van der Waals surface area contributed by atoms with Crippen LogP contribution in [0.25, 0.3) is 0 Å². The van der Waals surface area contributed by atoms with Gasteiger partial charge in [-0.15, -0.1) is 0 Å². The van der Waals surface area contributed by atoms with E-state index in [-0.39, 0.29) is 29.3 Å². The van der Waals surface area contributed by atoms with E-state index in [1.54, 1.807) is 12.1 Å². The van der Waals surface area contributed by atoms with Crippen molar-refractivity contribution in [3.8, 4) is 5.75 Å². The predicted octanol–water partition coefficient (Wildman–Crippen LogP) is 3.43. The monoisotopic (exact) mass is 491 g/mol. The predicted molar refractivity (Wildman–Crippen MR) is 113 cm³/mol. The first-order chi connectivity index (χ1) is 14.9. The van der Waals surface area contributed by atoms with Gasteiger partial charge < -0.3 is 14.5 Å². The van der Waals surface area contributed by atoms with E-state index >= 15 is 0 Å². The Morgan fingerprint density at radius 2 is 1.81 bits per heavy atom. The van der Waals surface area contributed by atoms with Crippen molar-refractivity contribution < 1.29 is 31.1 Å². The Labute approximate surface area is 188 Å². The summed E-state index contributed by atoms with van der Waals surface area (Å²) in [5.41, 5.74) is -0.234. The lowest BCUT2D eigenvalue weighted by Crippen LogP contribution is -2.49. The zero-order valence-corrected chi connectivity index (χ0v) is 18.8. The van der Waals surface area contributed by atoms with Crippen molar-refractivity contribution in [2.45, 2.75) is 24.1 Å². The van der Waals surface area contributed by atoms with Crippen molar-refractivity contribution >= 4 is 33.2 Å². The molecule has 0 bridgehead atoms. The summed E-state index contributed by atoms with van der Waals surface area (Å²) >= 11 is 5.85. The molecule has 1 amide bonds. The maximum Gasteiger partial charge on any atom is 0.425 e. The topological polar surface area (TPSA) is 79.8 Å². The minimum Gasteiger partial charge on any atom is -0.480 e. The molecule has 1 fully saturated rings. The van der Waals surface area contributed by atoms with Gasteiger partial charge in [-0.3, -0.25) is 4.79 Å². The van der Waals surface area contributed by atoms with Crippen molar-refractivity contribution in [1.29, 1.82) is 0 Å². The van der Waals surface area contributed by atoms with E-state index < -0.39 is 28.0 Å². The molecular formula is C20H21ClF3N3O4S. The van der Waals surface area contributed by atoms with Crippen LogP contribution >= 0.6 is 11.6 Å². The van der Waals surface area contributed by atoms with Crippen molar-refractivity contribution in [1.82, 2.24) is 9.88 Å². The number of rotatable bonds is 5. The van der Waals surface area contributed by atoms with Crippen LogP contribution in [0.3, 0.4) is 0 Å². The summed E-state index contributed by atoms with van der Waals surface area (Å²) in [6.45, 7) is 2.21. The van der Waals surface area contributed by atoms with E-state index in [1.807, 2.05) is 4.90 Å². The molecule has 1 unspecified atom stereocenters. The van der Waals surface area contributed by atoms with E-state index in [0.29, 0.717) is 23.9 Å². The second-order valence-corrected chi connectivity index (χ2v) is 9.80. The van der Waals surface area contributed by atoms with Gasteiger partial charge in [-0.05, 0) is 37.3 Å². The van der Waals surface area contributed by atoms with Gasteiger partial charge in [0.15, 0.2) is 15.9 Å². The van der Waals surface area contributed by atoms with Crippen LogP contribution in [0.15, 0.2) is 41.4 Å². The molecule has 174 valence electrons. The van der Waals surface area contributed by atoms with Gasteiger partial charge in [0.2, 0.25) is 0 Å². The lowest BCUT2D eigenvalue weighted by molar-refractivity contribution is -0.189. The van der Waals surface area contributed by atoms with E-state index in [9.17, 15) is 26.4 Å². The molecule has 7 nitrogen and oxygen atoms in total. The van der Waals surface area contributed by atoms with Gasteiger partial charge in [0.1, 0.15) is 11.6 Å². The first-order valence-corrected chi connectivity index (χ1v) is 11.9. The molecule has 0 radical (unpaired) electrons. The van der Waals surface area contributed by atoms with Gasteiger partial charge in [0, 0.05) is 38.6 Å². The number of halogens is 4. The van der Waals surface area contributed by atoms with Crippen LogP contribution in [-0.4, -0.2) is 68.9 Å². The van der Waals surface area contributed by atoms with Crippen LogP contribution in [0.5, 0.6) is 5.75 Å².